The topological polar surface area (TPSA) is 106 Å². The largest absolute Gasteiger partial charge is 0.489 e. The average Bonchev–Trinajstić information content (AvgIpc) is 2.88. The maximum absolute atomic E-state index is 13.1. The number of aromatic nitrogens is 2. The van der Waals surface area contributed by atoms with Crippen molar-refractivity contribution in [3.63, 3.8) is 0 Å². The van der Waals surface area contributed by atoms with Gasteiger partial charge in [-0.2, -0.15) is 5.26 Å². The first-order valence-corrected chi connectivity index (χ1v) is 13.6. The summed E-state index contributed by atoms with van der Waals surface area (Å²) in [6, 6.07) is 7.01. The smallest absolute Gasteiger partial charge is 0.271 e. The van der Waals surface area contributed by atoms with Gasteiger partial charge in [-0.25, -0.2) is 9.97 Å². The van der Waals surface area contributed by atoms with E-state index < -0.39 is 0 Å². The lowest BCUT2D eigenvalue weighted by molar-refractivity contribution is -0.164. The first kappa shape index (κ1) is 26.7. The Morgan fingerprint density at radius 1 is 1.18 bits per heavy atom. The number of piperazine rings is 1. The van der Waals surface area contributed by atoms with Crippen LogP contribution in [0.25, 0.3) is 0 Å². The Morgan fingerprint density at radius 3 is 2.50 bits per heavy atom. The number of benzene rings is 1. The van der Waals surface area contributed by atoms with Crippen LogP contribution in [0.4, 0.5) is 5.82 Å². The van der Waals surface area contributed by atoms with Crippen LogP contribution in [0.3, 0.4) is 0 Å². The van der Waals surface area contributed by atoms with Crippen molar-refractivity contribution in [2.24, 2.45) is 16.7 Å². The van der Waals surface area contributed by atoms with Gasteiger partial charge in [0.15, 0.2) is 0 Å². The minimum atomic E-state index is -0.343. The number of ether oxygens (including phenoxy) is 1. The maximum atomic E-state index is 13.1. The SMILES string of the molecule is CC1(C)C(NC(=O)c2cnc(N3CC(CN4CCNCC4)C3)cn2)C(C)(C)C1Oc1ccc(C#N)c(Cl)c1. The molecule has 0 unspecified atom stereocenters. The van der Waals surface area contributed by atoms with Crippen LogP contribution in [0, 0.1) is 28.1 Å². The maximum Gasteiger partial charge on any atom is 0.271 e. The van der Waals surface area contributed by atoms with Crippen molar-refractivity contribution in [3.05, 3.63) is 46.9 Å². The molecule has 0 bridgehead atoms. The molecule has 2 aromatic rings. The van der Waals surface area contributed by atoms with E-state index in [1.807, 2.05) is 0 Å². The second-order valence-electron chi connectivity index (χ2n) is 11.9. The standard InChI is InChI=1S/C28H36ClN7O2/c1-27(2)25(28(3,4)26(27)38-20-6-5-19(12-30)21(29)11-20)34-24(37)22-13-33-23(14-32-22)36-16-18(17-36)15-35-9-7-31-8-10-35/h5-6,11,13-14,18,25-26,31H,7-10,15-17H2,1-4H3,(H,34,37). The Balaban J connectivity index is 1.16. The summed E-state index contributed by atoms with van der Waals surface area (Å²) in [7, 11) is 0. The summed E-state index contributed by atoms with van der Waals surface area (Å²) in [6.45, 7) is 15.8. The van der Waals surface area contributed by atoms with Crippen molar-refractivity contribution < 1.29 is 9.53 Å². The monoisotopic (exact) mass is 537 g/mol. The lowest BCUT2D eigenvalue weighted by atomic mass is 9.49. The molecular formula is C28H36ClN7O2. The third-order valence-electron chi connectivity index (χ3n) is 8.31. The van der Waals surface area contributed by atoms with E-state index in [1.54, 1.807) is 30.6 Å². The van der Waals surface area contributed by atoms with Gasteiger partial charge in [0.2, 0.25) is 0 Å². The summed E-state index contributed by atoms with van der Waals surface area (Å²) in [5.41, 5.74) is 0.0301. The molecule has 1 aromatic carbocycles. The number of amides is 1. The van der Waals surface area contributed by atoms with Gasteiger partial charge in [-0.05, 0) is 12.1 Å². The number of carbonyl (C=O) groups excluding carboxylic acids is 1. The van der Waals surface area contributed by atoms with E-state index in [0.717, 1.165) is 51.6 Å². The molecule has 2 saturated heterocycles. The van der Waals surface area contributed by atoms with Crippen molar-refractivity contribution in [2.75, 3.05) is 50.7 Å². The van der Waals surface area contributed by atoms with Crippen LogP contribution in [-0.4, -0.2) is 78.7 Å². The lowest BCUT2D eigenvalue weighted by Gasteiger charge is -2.63. The van der Waals surface area contributed by atoms with Gasteiger partial charge in [0.25, 0.3) is 5.91 Å². The Morgan fingerprint density at radius 2 is 1.89 bits per heavy atom. The minimum Gasteiger partial charge on any atom is -0.489 e. The molecule has 0 radical (unpaired) electrons. The van der Waals surface area contributed by atoms with E-state index >= 15 is 0 Å². The zero-order valence-corrected chi connectivity index (χ0v) is 23.3. The van der Waals surface area contributed by atoms with Gasteiger partial charge >= 0.3 is 0 Å². The lowest BCUT2D eigenvalue weighted by Crippen LogP contribution is -2.74. The molecule has 10 heteroatoms. The Kier molecular flexibility index (Phi) is 7.25. The number of nitrogens with one attached hydrogen (secondary N) is 2. The fourth-order valence-electron chi connectivity index (χ4n) is 6.53. The molecule has 1 amide bonds. The Bertz CT molecular complexity index is 1200. The van der Waals surface area contributed by atoms with E-state index in [0.29, 0.717) is 27.9 Å². The van der Waals surface area contributed by atoms with Crippen LogP contribution in [0.2, 0.25) is 5.02 Å². The highest BCUT2D eigenvalue weighted by Crippen LogP contribution is 2.55. The van der Waals surface area contributed by atoms with Gasteiger partial charge in [0, 0.05) is 74.7 Å². The third kappa shape index (κ3) is 5.05. The number of nitrogens with zero attached hydrogens (tertiary/aromatic N) is 5. The van der Waals surface area contributed by atoms with E-state index in [2.05, 4.69) is 64.2 Å². The zero-order chi connectivity index (χ0) is 27.1. The van der Waals surface area contributed by atoms with E-state index in [9.17, 15) is 4.79 Å². The quantitative estimate of drug-likeness (QED) is 0.555. The Hall–Kier alpha value is -2.93. The summed E-state index contributed by atoms with van der Waals surface area (Å²) in [6.07, 6.45) is 3.10. The first-order chi connectivity index (χ1) is 18.1. The van der Waals surface area contributed by atoms with Crippen LogP contribution in [-0.2, 0) is 0 Å². The van der Waals surface area contributed by atoms with Crippen molar-refractivity contribution in [3.8, 4) is 11.8 Å². The Labute approximate surface area is 229 Å². The van der Waals surface area contributed by atoms with Gasteiger partial charge < -0.3 is 25.2 Å². The summed E-state index contributed by atoms with van der Waals surface area (Å²) < 4.78 is 6.31. The highest BCUT2D eigenvalue weighted by molar-refractivity contribution is 6.31. The van der Waals surface area contributed by atoms with Gasteiger partial charge in [0.05, 0.1) is 23.0 Å². The molecular weight excluding hydrogens is 502 g/mol. The second-order valence-corrected chi connectivity index (χ2v) is 12.3. The molecule has 5 rings (SSSR count). The van der Waals surface area contributed by atoms with Crippen LogP contribution in [0.15, 0.2) is 30.6 Å². The minimum absolute atomic E-state index is 0.135. The summed E-state index contributed by atoms with van der Waals surface area (Å²) in [5.74, 6) is 1.83. The molecule has 2 aliphatic heterocycles. The number of hydrogen-bond donors (Lipinski definition) is 2. The highest BCUT2D eigenvalue weighted by Gasteiger charge is 2.64. The molecule has 3 aliphatic rings. The molecule has 0 spiro atoms. The highest BCUT2D eigenvalue weighted by atomic mass is 35.5. The molecule has 38 heavy (non-hydrogen) atoms. The van der Waals surface area contributed by atoms with Gasteiger partial charge in [0.1, 0.15) is 29.4 Å². The number of halogens is 1. The molecule has 1 saturated carbocycles. The van der Waals surface area contributed by atoms with Crippen molar-refractivity contribution in [1.82, 2.24) is 25.5 Å². The molecule has 202 valence electrons. The first-order valence-electron chi connectivity index (χ1n) is 13.3. The van der Waals surface area contributed by atoms with Crippen molar-refractivity contribution >= 4 is 23.3 Å². The van der Waals surface area contributed by atoms with Crippen molar-refractivity contribution in [1.29, 1.82) is 5.26 Å². The van der Waals surface area contributed by atoms with Crippen LogP contribution in [0.1, 0.15) is 43.7 Å². The van der Waals surface area contributed by atoms with E-state index in [-0.39, 0.29) is 28.9 Å². The van der Waals surface area contributed by atoms with Gasteiger partial charge in [-0.15, -0.1) is 0 Å². The predicted molar refractivity (Wildman–Crippen MR) is 146 cm³/mol. The van der Waals surface area contributed by atoms with E-state index in [4.69, 9.17) is 21.6 Å². The molecule has 1 aliphatic carbocycles. The third-order valence-corrected chi connectivity index (χ3v) is 8.62. The van der Waals surface area contributed by atoms with Crippen molar-refractivity contribution in [2.45, 2.75) is 39.8 Å². The molecule has 3 heterocycles. The molecule has 3 fully saturated rings. The number of hydrogen-bond acceptors (Lipinski definition) is 8. The summed E-state index contributed by atoms with van der Waals surface area (Å²) in [5, 5.41) is 16.0. The van der Waals surface area contributed by atoms with Gasteiger partial charge in [-0.1, -0.05) is 39.3 Å². The van der Waals surface area contributed by atoms with Gasteiger partial charge in [-0.3, -0.25) is 4.79 Å². The van der Waals surface area contributed by atoms with E-state index in [1.165, 1.54) is 0 Å². The number of rotatable bonds is 7. The normalized spacial score (nSPS) is 24.6. The molecule has 9 nitrogen and oxygen atoms in total. The molecule has 1 aromatic heterocycles. The predicted octanol–water partition coefficient (Wildman–Crippen LogP) is 2.96. The second kappa shape index (κ2) is 10.3. The number of nitriles is 1. The fourth-order valence-corrected chi connectivity index (χ4v) is 6.75. The van der Waals surface area contributed by atoms with Crippen LogP contribution in [0.5, 0.6) is 5.75 Å². The fraction of sp³-hybridized carbons (Fsp3) is 0.571. The zero-order valence-electron chi connectivity index (χ0n) is 22.5. The average molecular weight is 538 g/mol. The molecule has 0 atom stereocenters. The molecule has 2 N–H and O–H groups in total. The van der Waals surface area contributed by atoms with Crippen LogP contribution < -0.4 is 20.3 Å². The van der Waals surface area contributed by atoms with Crippen LogP contribution >= 0.6 is 11.6 Å². The summed E-state index contributed by atoms with van der Waals surface area (Å²) >= 11 is 6.19. The number of anilines is 1. The summed E-state index contributed by atoms with van der Waals surface area (Å²) in [4.78, 5) is 26.8. The number of carbonyl (C=O) groups is 1.